The molecule has 2 aliphatic rings. The molecule has 2 N–H and O–H groups in total. The molecule has 3 heteroatoms. The lowest BCUT2D eigenvalue weighted by Crippen LogP contribution is -2.50. The Morgan fingerprint density at radius 3 is 2.93 bits per heavy atom. The topological polar surface area (TPSA) is 41.1 Å². The first-order valence-electron chi connectivity index (χ1n) is 5.78. The number of rotatable bonds is 1. The van der Waals surface area contributed by atoms with E-state index in [9.17, 15) is 4.79 Å². The predicted molar refractivity (Wildman–Crippen MR) is 55.9 cm³/mol. The van der Waals surface area contributed by atoms with Crippen LogP contribution < -0.4 is 10.6 Å². The maximum absolute atomic E-state index is 11.7. The van der Waals surface area contributed by atoms with E-state index in [0.29, 0.717) is 12.0 Å². The third kappa shape index (κ3) is 1.78. The molecule has 0 aromatic carbocycles. The van der Waals surface area contributed by atoms with Crippen LogP contribution in [-0.4, -0.2) is 25.5 Å². The number of hydrogen-bond acceptors (Lipinski definition) is 2. The van der Waals surface area contributed by atoms with E-state index in [2.05, 4.69) is 10.6 Å². The Morgan fingerprint density at radius 2 is 2.14 bits per heavy atom. The Labute approximate surface area is 85.6 Å². The van der Waals surface area contributed by atoms with Crippen LogP contribution in [0.2, 0.25) is 0 Å². The Kier molecular flexibility index (Phi) is 3.06. The van der Waals surface area contributed by atoms with Gasteiger partial charge in [-0.25, -0.2) is 0 Å². The lowest BCUT2D eigenvalue weighted by molar-refractivity contribution is -0.128. The standard InChI is InChI=1S/C11H20N2O/c1-12-11(14)9-4-2-6-10-8(9)5-3-7-13-10/h8-10,13H,2-7H2,1H3,(H,12,14). The molecule has 3 atom stereocenters. The Hall–Kier alpha value is -0.570. The summed E-state index contributed by atoms with van der Waals surface area (Å²) in [6.45, 7) is 1.14. The van der Waals surface area contributed by atoms with Crippen molar-refractivity contribution in [3.63, 3.8) is 0 Å². The Morgan fingerprint density at radius 1 is 1.29 bits per heavy atom. The molecule has 1 heterocycles. The lowest BCUT2D eigenvalue weighted by atomic mass is 9.71. The molecule has 14 heavy (non-hydrogen) atoms. The summed E-state index contributed by atoms with van der Waals surface area (Å²) >= 11 is 0. The molecular formula is C11H20N2O. The summed E-state index contributed by atoms with van der Waals surface area (Å²) in [5.41, 5.74) is 0. The predicted octanol–water partition coefficient (Wildman–Crippen LogP) is 0.901. The van der Waals surface area contributed by atoms with Crippen molar-refractivity contribution in [1.82, 2.24) is 10.6 Å². The van der Waals surface area contributed by atoms with Gasteiger partial charge >= 0.3 is 0 Å². The molecule has 0 spiro atoms. The van der Waals surface area contributed by atoms with E-state index in [-0.39, 0.29) is 11.8 Å². The fourth-order valence-corrected chi connectivity index (χ4v) is 3.06. The van der Waals surface area contributed by atoms with Gasteiger partial charge in [-0.1, -0.05) is 6.42 Å². The summed E-state index contributed by atoms with van der Waals surface area (Å²) in [6.07, 6.45) is 6.01. The van der Waals surface area contributed by atoms with Crippen LogP contribution in [-0.2, 0) is 4.79 Å². The van der Waals surface area contributed by atoms with Gasteiger partial charge in [0, 0.05) is 19.0 Å². The van der Waals surface area contributed by atoms with Crippen LogP contribution >= 0.6 is 0 Å². The zero-order chi connectivity index (χ0) is 9.97. The van der Waals surface area contributed by atoms with Crippen molar-refractivity contribution in [2.45, 2.75) is 38.1 Å². The van der Waals surface area contributed by atoms with Gasteiger partial charge in [0.05, 0.1) is 0 Å². The largest absolute Gasteiger partial charge is 0.359 e. The summed E-state index contributed by atoms with van der Waals surface area (Å²) in [5.74, 6) is 1.12. The van der Waals surface area contributed by atoms with Crippen LogP contribution in [0, 0.1) is 11.8 Å². The van der Waals surface area contributed by atoms with Crippen molar-refractivity contribution < 1.29 is 4.79 Å². The number of carbonyl (C=O) groups is 1. The smallest absolute Gasteiger partial charge is 0.223 e. The lowest BCUT2D eigenvalue weighted by Gasteiger charge is -2.41. The van der Waals surface area contributed by atoms with Crippen molar-refractivity contribution in [3.05, 3.63) is 0 Å². The zero-order valence-electron chi connectivity index (χ0n) is 8.88. The average molecular weight is 196 g/mol. The molecule has 0 aromatic heterocycles. The van der Waals surface area contributed by atoms with Crippen LogP contribution in [0.1, 0.15) is 32.1 Å². The molecule has 2 fully saturated rings. The molecule has 80 valence electrons. The van der Waals surface area contributed by atoms with Crippen molar-refractivity contribution >= 4 is 5.91 Å². The molecule has 1 saturated carbocycles. The van der Waals surface area contributed by atoms with Crippen LogP contribution in [0.25, 0.3) is 0 Å². The molecule has 0 aromatic rings. The Balaban J connectivity index is 2.04. The minimum absolute atomic E-state index is 0.253. The van der Waals surface area contributed by atoms with Crippen LogP contribution in [0.3, 0.4) is 0 Å². The molecule has 1 amide bonds. The summed E-state index contributed by atoms with van der Waals surface area (Å²) in [4.78, 5) is 11.7. The number of hydrogen-bond donors (Lipinski definition) is 2. The maximum Gasteiger partial charge on any atom is 0.223 e. The van der Waals surface area contributed by atoms with Gasteiger partial charge in [-0.05, 0) is 38.1 Å². The van der Waals surface area contributed by atoms with Gasteiger partial charge in [0.2, 0.25) is 5.91 Å². The summed E-state index contributed by atoms with van der Waals surface area (Å²) in [5, 5.41) is 6.35. The molecule has 0 radical (unpaired) electrons. The second-order valence-electron chi connectivity index (χ2n) is 4.52. The number of amides is 1. The maximum atomic E-state index is 11.7. The molecule has 0 bridgehead atoms. The molecular weight excluding hydrogens is 176 g/mol. The van der Waals surface area contributed by atoms with Crippen LogP contribution in [0.4, 0.5) is 0 Å². The highest BCUT2D eigenvalue weighted by atomic mass is 16.1. The SMILES string of the molecule is CNC(=O)C1CCCC2NCCCC21. The number of nitrogens with one attached hydrogen (secondary N) is 2. The van der Waals surface area contributed by atoms with Gasteiger partial charge in [0.15, 0.2) is 0 Å². The quantitative estimate of drug-likeness (QED) is 0.654. The monoisotopic (exact) mass is 196 g/mol. The normalized spacial score (nSPS) is 37.4. The molecule has 3 unspecified atom stereocenters. The van der Waals surface area contributed by atoms with E-state index in [1.165, 1.54) is 25.7 Å². The Bertz CT molecular complexity index is 215. The van der Waals surface area contributed by atoms with E-state index in [4.69, 9.17) is 0 Å². The van der Waals surface area contributed by atoms with Crippen molar-refractivity contribution in [1.29, 1.82) is 0 Å². The third-order valence-electron chi connectivity index (χ3n) is 3.77. The molecule has 3 nitrogen and oxygen atoms in total. The van der Waals surface area contributed by atoms with Gasteiger partial charge in [0.25, 0.3) is 0 Å². The second-order valence-corrected chi connectivity index (χ2v) is 4.52. The summed E-state index contributed by atoms with van der Waals surface area (Å²) < 4.78 is 0. The fourth-order valence-electron chi connectivity index (χ4n) is 3.06. The van der Waals surface area contributed by atoms with Crippen LogP contribution in [0.5, 0.6) is 0 Å². The fraction of sp³-hybridized carbons (Fsp3) is 0.909. The van der Waals surface area contributed by atoms with Gasteiger partial charge in [-0.2, -0.15) is 0 Å². The first-order chi connectivity index (χ1) is 6.83. The van der Waals surface area contributed by atoms with E-state index < -0.39 is 0 Å². The number of piperidine rings is 1. The highest BCUT2D eigenvalue weighted by Crippen LogP contribution is 2.35. The minimum atomic E-state index is 0.253. The number of fused-ring (bicyclic) bond motifs is 1. The van der Waals surface area contributed by atoms with Crippen LogP contribution in [0.15, 0.2) is 0 Å². The van der Waals surface area contributed by atoms with Gasteiger partial charge in [-0.15, -0.1) is 0 Å². The van der Waals surface area contributed by atoms with Gasteiger partial charge in [-0.3, -0.25) is 4.79 Å². The zero-order valence-corrected chi connectivity index (χ0v) is 8.88. The van der Waals surface area contributed by atoms with E-state index in [0.717, 1.165) is 13.0 Å². The molecule has 1 aliphatic heterocycles. The molecule has 1 aliphatic carbocycles. The van der Waals surface area contributed by atoms with Gasteiger partial charge in [0.1, 0.15) is 0 Å². The van der Waals surface area contributed by atoms with E-state index in [1.54, 1.807) is 7.05 Å². The minimum Gasteiger partial charge on any atom is -0.359 e. The first-order valence-corrected chi connectivity index (χ1v) is 5.78. The van der Waals surface area contributed by atoms with Crippen molar-refractivity contribution in [2.75, 3.05) is 13.6 Å². The second kappa shape index (κ2) is 4.30. The average Bonchev–Trinajstić information content (AvgIpc) is 2.27. The number of carbonyl (C=O) groups excluding carboxylic acids is 1. The highest BCUT2D eigenvalue weighted by molar-refractivity contribution is 5.78. The molecule has 2 rings (SSSR count). The van der Waals surface area contributed by atoms with E-state index in [1.807, 2.05) is 0 Å². The van der Waals surface area contributed by atoms with E-state index >= 15 is 0 Å². The third-order valence-corrected chi connectivity index (χ3v) is 3.77. The van der Waals surface area contributed by atoms with Crippen molar-refractivity contribution in [2.24, 2.45) is 11.8 Å². The summed E-state index contributed by atoms with van der Waals surface area (Å²) in [6, 6.07) is 0.611. The molecule has 1 saturated heterocycles. The highest BCUT2D eigenvalue weighted by Gasteiger charge is 2.37. The van der Waals surface area contributed by atoms with Gasteiger partial charge < -0.3 is 10.6 Å². The first kappa shape index (κ1) is 9.97. The van der Waals surface area contributed by atoms with Crippen molar-refractivity contribution in [3.8, 4) is 0 Å². The summed E-state index contributed by atoms with van der Waals surface area (Å²) in [7, 11) is 1.75.